The number of likely N-dealkylation sites (tertiary alicyclic amines) is 1. The van der Waals surface area contributed by atoms with Crippen LogP contribution >= 0.6 is 0 Å². The average molecular weight is 390 g/mol. The van der Waals surface area contributed by atoms with Crippen molar-refractivity contribution in [3.63, 3.8) is 0 Å². The molecule has 1 atom stereocenters. The number of fused-ring (bicyclic) bond motifs is 1. The van der Waals surface area contributed by atoms with E-state index in [-0.39, 0.29) is 17.2 Å². The third-order valence-corrected chi connectivity index (χ3v) is 6.81. The topological polar surface area (TPSA) is 65.1 Å². The van der Waals surface area contributed by atoms with E-state index in [0.717, 1.165) is 67.9 Å². The summed E-state index contributed by atoms with van der Waals surface area (Å²) in [6.07, 6.45) is 6.67. The van der Waals surface area contributed by atoms with Crippen LogP contribution in [0.3, 0.4) is 0 Å². The number of likely N-dealkylation sites (N-methyl/N-ethyl adjacent to an activating group) is 1. The lowest BCUT2D eigenvalue weighted by Crippen LogP contribution is -2.54. The molecule has 0 bridgehead atoms. The molecule has 0 aliphatic carbocycles. The second kappa shape index (κ2) is 7.17. The Bertz CT molecular complexity index is 1010. The number of H-pyrrole nitrogens is 1. The summed E-state index contributed by atoms with van der Waals surface area (Å²) < 4.78 is 0. The first-order chi connectivity index (χ1) is 14.2. The number of anilines is 1. The van der Waals surface area contributed by atoms with E-state index in [9.17, 15) is 4.79 Å². The highest BCUT2D eigenvalue weighted by Gasteiger charge is 2.45. The fraction of sp³-hybridized carbons (Fsp3) is 0.435. The molecule has 6 heteroatoms. The lowest BCUT2D eigenvalue weighted by molar-refractivity contribution is -0.140. The number of piperidine rings is 2. The summed E-state index contributed by atoms with van der Waals surface area (Å²) in [4.78, 5) is 29.6. The number of aromatic amines is 1. The molecule has 1 N–H and O–H groups in total. The minimum Gasteiger partial charge on any atom is -0.356 e. The van der Waals surface area contributed by atoms with Crippen molar-refractivity contribution in [2.45, 2.75) is 32.1 Å². The molecular weight excluding hydrogens is 362 g/mol. The van der Waals surface area contributed by atoms with Gasteiger partial charge in [-0.1, -0.05) is 30.3 Å². The van der Waals surface area contributed by atoms with Crippen LogP contribution in [0.4, 0.5) is 5.82 Å². The molecule has 3 aromatic rings. The summed E-state index contributed by atoms with van der Waals surface area (Å²) in [5.41, 5.74) is 2.23. The van der Waals surface area contributed by atoms with Crippen molar-refractivity contribution >= 4 is 22.8 Å². The minimum absolute atomic E-state index is 0.0214. The largest absolute Gasteiger partial charge is 0.356 e. The number of aromatic nitrogens is 3. The smallest absolute Gasteiger partial charge is 0.230 e. The van der Waals surface area contributed by atoms with E-state index in [1.807, 2.05) is 24.4 Å². The first kappa shape index (κ1) is 18.2. The van der Waals surface area contributed by atoms with Gasteiger partial charge >= 0.3 is 0 Å². The number of carbonyl (C=O) groups excluding carboxylic acids is 1. The fourth-order valence-electron chi connectivity index (χ4n) is 5.17. The highest BCUT2D eigenvalue weighted by atomic mass is 16.2. The molecule has 2 fully saturated rings. The normalized spacial score (nSPS) is 21.8. The van der Waals surface area contributed by atoms with Crippen molar-refractivity contribution in [1.29, 1.82) is 0 Å². The van der Waals surface area contributed by atoms with Crippen LogP contribution in [0.1, 0.15) is 37.7 Å². The van der Waals surface area contributed by atoms with Crippen LogP contribution in [0.2, 0.25) is 0 Å². The lowest BCUT2D eigenvalue weighted by Gasteiger charge is -2.50. The summed E-state index contributed by atoms with van der Waals surface area (Å²) in [6, 6.07) is 12.4. The molecule has 1 amide bonds. The summed E-state index contributed by atoms with van der Waals surface area (Å²) in [6.45, 7) is 5.68. The maximum atomic E-state index is 13.1. The van der Waals surface area contributed by atoms with Gasteiger partial charge in [-0.25, -0.2) is 9.97 Å². The first-order valence-electron chi connectivity index (χ1n) is 10.6. The van der Waals surface area contributed by atoms with E-state index >= 15 is 0 Å². The summed E-state index contributed by atoms with van der Waals surface area (Å²) in [5.74, 6) is 1.29. The molecule has 2 aromatic heterocycles. The predicted octanol–water partition coefficient (Wildman–Crippen LogP) is 3.58. The highest BCUT2D eigenvalue weighted by molar-refractivity contribution is 5.87. The van der Waals surface area contributed by atoms with Gasteiger partial charge < -0.3 is 14.8 Å². The Balaban J connectivity index is 1.39. The van der Waals surface area contributed by atoms with E-state index in [4.69, 9.17) is 0 Å². The predicted molar refractivity (Wildman–Crippen MR) is 114 cm³/mol. The van der Waals surface area contributed by atoms with Gasteiger partial charge in [-0.3, -0.25) is 4.79 Å². The zero-order valence-electron chi connectivity index (χ0n) is 16.8. The quantitative estimate of drug-likeness (QED) is 0.744. The van der Waals surface area contributed by atoms with Gasteiger partial charge in [0.25, 0.3) is 0 Å². The second-order valence-corrected chi connectivity index (χ2v) is 8.44. The molecule has 1 spiro atoms. The SMILES string of the molecule is CCN1CC2(CCN(c3ncnc4[nH]ccc34)CC2)C[C@@H](c2ccccc2)C1=O. The molecule has 1 aromatic carbocycles. The van der Waals surface area contributed by atoms with E-state index in [1.54, 1.807) is 6.33 Å². The molecule has 4 heterocycles. The number of nitrogens with one attached hydrogen (secondary N) is 1. The molecule has 29 heavy (non-hydrogen) atoms. The number of carbonyl (C=O) groups is 1. The average Bonchev–Trinajstić information content (AvgIpc) is 3.26. The molecular formula is C23H27N5O. The van der Waals surface area contributed by atoms with E-state index < -0.39 is 0 Å². The van der Waals surface area contributed by atoms with Crippen molar-refractivity contribution in [2.75, 3.05) is 31.1 Å². The molecule has 2 aliphatic heterocycles. The zero-order valence-corrected chi connectivity index (χ0v) is 16.8. The van der Waals surface area contributed by atoms with Crippen LogP contribution < -0.4 is 4.90 Å². The van der Waals surface area contributed by atoms with Gasteiger partial charge in [0.1, 0.15) is 17.8 Å². The summed E-state index contributed by atoms with van der Waals surface area (Å²) in [5, 5.41) is 1.08. The van der Waals surface area contributed by atoms with Crippen LogP contribution in [0.25, 0.3) is 11.0 Å². The van der Waals surface area contributed by atoms with Crippen molar-refractivity contribution in [3.05, 3.63) is 54.5 Å². The Hall–Kier alpha value is -2.89. The first-order valence-corrected chi connectivity index (χ1v) is 10.6. The van der Waals surface area contributed by atoms with Gasteiger partial charge in [-0.2, -0.15) is 0 Å². The summed E-state index contributed by atoms with van der Waals surface area (Å²) >= 11 is 0. The minimum atomic E-state index is -0.0214. The fourth-order valence-corrected chi connectivity index (χ4v) is 5.17. The van der Waals surface area contributed by atoms with E-state index in [0.29, 0.717) is 0 Å². The van der Waals surface area contributed by atoms with Gasteiger partial charge in [0.2, 0.25) is 5.91 Å². The van der Waals surface area contributed by atoms with Gasteiger partial charge in [0.15, 0.2) is 0 Å². The van der Waals surface area contributed by atoms with Crippen LogP contribution in [0.5, 0.6) is 0 Å². The molecule has 0 radical (unpaired) electrons. The van der Waals surface area contributed by atoms with Crippen molar-refractivity contribution < 1.29 is 4.79 Å². The zero-order chi connectivity index (χ0) is 19.8. The molecule has 2 saturated heterocycles. The molecule has 150 valence electrons. The number of rotatable bonds is 3. The molecule has 5 rings (SSSR count). The maximum absolute atomic E-state index is 13.1. The standard InChI is InChI=1S/C23H27N5O/c1-2-27-15-23(14-19(22(27)29)17-6-4-3-5-7-17)9-12-28(13-10-23)21-18-8-11-24-20(18)25-16-26-21/h3-8,11,16,19H,2,9-10,12-15H2,1H3,(H,24,25,26)/t19-/m0/s1. The van der Waals surface area contributed by atoms with Gasteiger partial charge in [0, 0.05) is 32.4 Å². The Morgan fingerprint density at radius 2 is 1.93 bits per heavy atom. The van der Waals surface area contributed by atoms with Gasteiger partial charge in [-0.15, -0.1) is 0 Å². The maximum Gasteiger partial charge on any atom is 0.230 e. The van der Waals surface area contributed by atoms with Gasteiger partial charge in [-0.05, 0) is 43.2 Å². The second-order valence-electron chi connectivity index (χ2n) is 8.44. The molecule has 0 saturated carbocycles. The van der Waals surface area contributed by atoms with Crippen molar-refractivity contribution in [3.8, 4) is 0 Å². The number of hydrogen-bond acceptors (Lipinski definition) is 4. The summed E-state index contributed by atoms with van der Waals surface area (Å²) in [7, 11) is 0. The Morgan fingerprint density at radius 3 is 2.69 bits per heavy atom. The highest BCUT2D eigenvalue weighted by Crippen LogP contribution is 2.46. The van der Waals surface area contributed by atoms with Crippen molar-refractivity contribution in [1.82, 2.24) is 19.9 Å². The number of amides is 1. The molecule has 2 aliphatic rings. The van der Waals surface area contributed by atoms with Crippen LogP contribution in [-0.2, 0) is 4.79 Å². The number of benzene rings is 1. The Labute approximate surface area is 171 Å². The van der Waals surface area contributed by atoms with Crippen LogP contribution in [0, 0.1) is 5.41 Å². The van der Waals surface area contributed by atoms with E-state index in [1.165, 1.54) is 0 Å². The van der Waals surface area contributed by atoms with Crippen molar-refractivity contribution in [2.24, 2.45) is 5.41 Å². The van der Waals surface area contributed by atoms with Crippen LogP contribution in [-0.4, -0.2) is 51.9 Å². The molecule has 0 unspecified atom stereocenters. The van der Waals surface area contributed by atoms with E-state index in [2.05, 4.69) is 49.9 Å². The van der Waals surface area contributed by atoms with Crippen LogP contribution in [0.15, 0.2) is 48.9 Å². The molecule has 6 nitrogen and oxygen atoms in total. The number of nitrogens with zero attached hydrogens (tertiary/aromatic N) is 4. The Morgan fingerprint density at radius 1 is 1.14 bits per heavy atom. The monoisotopic (exact) mass is 389 g/mol. The lowest BCUT2D eigenvalue weighted by atomic mass is 9.67. The Kier molecular flexibility index (Phi) is 4.49. The third-order valence-electron chi connectivity index (χ3n) is 6.81. The van der Waals surface area contributed by atoms with Gasteiger partial charge in [0.05, 0.1) is 11.3 Å². The third kappa shape index (κ3) is 3.16. The number of hydrogen-bond donors (Lipinski definition) is 1.